The van der Waals surface area contributed by atoms with Crippen LogP contribution in [0.3, 0.4) is 0 Å². The van der Waals surface area contributed by atoms with Gasteiger partial charge in [0.25, 0.3) is 0 Å². The molecule has 0 amide bonds. The van der Waals surface area contributed by atoms with Crippen molar-refractivity contribution < 1.29 is 4.79 Å². The summed E-state index contributed by atoms with van der Waals surface area (Å²) in [6.07, 6.45) is 22.4. The van der Waals surface area contributed by atoms with Crippen molar-refractivity contribution in [3.05, 3.63) is 60.2 Å². The number of ketones is 1. The number of likely N-dealkylation sites (tertiary alicyclic amines) is 2. The van der Waals surface area contributed by atoms with Crippen LogP contribution < -0.4 is 0 Å². The van der Waals surface area contributed by atoms with E-state index in [1.165, 1.54) is 64.5 Å². The molecule has 0 bridgehead atoms. The van der Waals surface area contributed by atoms with Gasteiger partial charge < -0.3 is 14.9 Å². The lowest BCUT2D eigenvalue weighted by atomic mass is 9.77. The monoisotopic (exact) mass is 516 g/mol. The van der Waals surface area contributed by atoms with Gasteiger partial charge in [-0.25, -0.2) is 19.9 Å². The fourth-order valence-electron chi connectivity index (χ4n) is 6.92. The van der Waals surface area contributed by atoms with E-state index in [9.17, 15) is 4.79 Å². The molecule has 9 heteroatoms. The van der Waals surface area contributed by atoms with E-state index in [0.29, 0.717) is 23.8 Å². The molecule has 0 aromatic carbocycles. The van der Waals surface area contributed by atoms with Crippen LogP contribution in [0.2, 0.25) is 0 Å². The molecule has 9 nitrogen and oxygen atoms in total. The Morgan fingerprint density at radius 3 is 2.13 bits per heavy atom. The van der Waals surface area contributed by atoms with E-state index in [0.717, 1.165) is 43.1 Å². The van der Waals surface area contributed by atoms with Crippen molar-refractivity contribution in [1.82, 2.24) is 39.7 Å². The fraction of sp³-hybridized carbons (Fsp3) is 0.621. The van der Waals surface area contributed by atoms with Gasteiger partial charge in [0.05, 0.1) is 12.1 Å². The molecule has 6 rings (SSSR count). The summed E-state index contributed by atoms with van der Waals surface area (Å²) >= 11 is 0. The lowest BCUT2D eigenvalue weighted by Gasteiger charge is -2.43. The first kappa shape index (κ1) is 25.4. The molecule has 3 aromatic rings. The van der Waals surface area contributed by atoms with Crippen LogP contribution in [0, 0.1) is 11.3 Å². The van der Waals surface area contributed by atoms with Crippen molar-refractivity contribution in [2.75, 3.05) is 26.2 Å². The van der Waals surface area contributed by atoms with Crippen LogP contribution in [-0.2, 0) is 19.4 Å². The number of H-pyrrole nitrogens is 2. The summed E-state index contributed by atoms with van der Waals surface area (Å²) in [6, 6.07) is 0.839. The first-order chi connectivity index (χ1) is 18.7. The molecule has 5 heterocycles. The van der Waals surface area contributed by atoms with E-state index >= 15 is 0 Å². The molecular formula is C29H40N8O. The molecule has 1 aliphatic carbocycles. The SMILES string of the molecule is O=C(c1cnc(CN2CCC3(CCN(C4CCCCC4)CC3)C2)nc1)C(Cc1ncc[nH]1)Cc1ncc[nH]1. The molecule has 38 heavy (non-hydrogen) atoms. The van der Waals surface area contributed by atoms with E-state index in [1.54, 1.807) is 37.2 Å². The van der Waals surface area contributed by atoms with Gasteiger partial charge in [0.15, 0.2) is 5.78 Å². The normalized spacial score (nSPS) is 21.0. The molecule has 2 N–H and O–H groups in total. The van der Waals surface area contributed by atoms with E-state index in [-0.39, 0.29) is 11.7 Å². The van der Waals surface area contributed by atoms with Crippen LogP contribution >= 0.6 is 0 Å². The second kappa shape index (κ2) is 11.5. The number of nitrogens with zero attached hydrogens (tertiary/aromatic N) is 6. The van der Waals surface area contributed by atoms with E-state index < -0.39 is 0 Å². The number of carbonyl (C=O) groups excluding carboxylic acids is 1. The number of Topliss-reactive ketones (excluding diaryl/α,β-unsaturated/α-hetero) is 1. The van der Waals surface area contributed by atoms with E-state index in [1.807, 2.05) is 0 Å². The zero-order valence-corrected chi connectivity index (χ0v) is 22.3. The Bertz CT molecular complexity index is 1110. The number of aromatic nitrogens is 6. The van der Waals surface area contributed by atoms with Gasteiger partial charge in [-0.1, -0.05) is 19.3 Å². The third-order valence-electron chi connectivity index (χ3n) is 9.18. The molecule has 3 aliphatic rings. The van der Waals surface area contributed by atoms with E-state index in [4.69, 9.17) is 0 Å². The Labute approximate surface area is 224 Å². The zero-order chi connectivity index (χ0) is 25.8. The highest BCUT2D eigenvalue weighted by Gasteiger charge is 2.41. The van der Waals surface area contributed by atoms with Gasteiger partial charge in [0, 0.05) is 68.5 Å². The number of imidazole rings is 2. The Balaban J connectivity index is 1.04. The molecule has 0 unspecified atom stereocenters. The summed E-state index contributed by atoms with van der Waals surface area (Å²) in [7, 11) is 0. The summed E-state index contributed by atoms with van der Waals surface area (Å²) in [5, 5.41) is 0. The Morgan fingerprint density at radius 2 is 1.53 bits per heavy atom. The minimum atomic E-state index is -0.292. The average Bonchev–Trinajstić information content (AvgIpc) is 3.74. The van der Waals surface area contributed by atoms with Gasteiger partial charge in [-0.15, -0.1) is 0 Å². The number of nitrogens with one attached hydrogen (secondary N) is 2. The van der Waals surface area contributed by atoms with Crippen LogP contribution in [0.1, 0.15) is 79.2 Å². The molecule has 0 radical (unpaired) electrons. The van der Waals surface area contributed by atoms with Crippen molar-refractivity contribution >= 4 is 5.78 Å². The number of aromatic amines is 2. The van der Waals surface area contributed by atoms with Crippen LogP contribution in [0.25, 0.3) is 0 Å². The standard InChI is InChI=1S/C29H40N8O/c38-28(22(16-25-30-9-10-31-25)17-26-32-11-12-33-26)23-18-34-27(35-19-23)20-36-13-6-29(21-36)7-14-37(15-8-29)24-4-2-1-3-5-24/h9-12,18-19,22,24H,1-8,13-17,20-21H2,(H,30,31)(H,32,33). The highest BCUT2D eigenvalue weighted by Crippen LogP contribution is 2.42. The lowest BCUT2D eigenvalue weighted by Crippen LogP contribution is -2.46. The minimum Gasteiger partial charge on any atom is -0.349 e. The van der Waals surface area contributed by atoms with Gasteiger partial charge in [-0.3, -0.25) is 9.69 Å². The van der Waals surface area contributed by atoms with Crippen LogP contribution in [0.15, 0.2) is 37.2 Å². The second-order valence-corrected chi connectivity index (χ2v) is 11.7. The molecule has 1 spiro atoms. The van der Waals surface area contributed by atoms with Crippen molar-refractivity contribution in [3.63, 3.8) is 0 Å². The maximum atomic E-state index is 13.4. The number of piperidine rings is 1. The Hall–Kier alpha value is -2.91. The number of carbonyl (C=O) groups is 1. The Kier molecular flexibility index (Phi) is 7.65. The molecule has 0 atom stereocenters. The van der Waals surface area contributed by atoms with Crippen molar-refractivity contribution in [1.29, 1.82) is 0 Å². The maximum absolute atomic E-state index is 13.4. The summed E-state index contributed by atoms with van der Waals surface area (Å²) in [5.41, 5.74) is 1.01. The van der Waals surface area contributed by atoms with Crippen LogP contribution in [0.4, 0.5) is 0 Å². The van der Waals surface area contributed by atoms with Gasteiger partial charge in [-0.2, -0.15) is 0 Å². The first-order valence-corrected chi connectivity index (χ1v) is 14.4. The van der Waals surface area contributed by atoms with Crippen LogP contribution in [0.5, 0.6) is 0 Å². The molecule has 2 aliphatic heterocycles. The van der Waals surface area contributed by atoms with Gasteiger partial charge in [0.2, 0.25) is 0 Å². The topological polar surface area (TPSA) is 107 Å². The predicted octanol–water partition coefficient (Wildman–Crippen LogP) is 3.83. The van der Waals surface area contributed by atoms with Gasteiger partial charge in [0.1, 0.15) is 17.5 Å². The second-order valence-electron chi connectivity index (χ2n) is 11.7. The Morgan fingerprint density at radius 1 is 0.895 bits per heavy atom. The van der Waals surface area contributed by atoms with Crippen LogP contribution in [-0.4, -0.2) is 77.7 Å². The largest absolute Gasteiger partial charge is 0.349 e. The summed E-state index contributed by atoms with van der Waals surface area (Å²) in [4.78, 5) is 42.8. The molecule has 2 saturated heterocycles. The summed E-state index contributed by atoms with van der Waals surface area (Å²) in [5.74, 6) is 2.11. The summed E-state index contributed by atoms with van der Waals surface area (Å²) < 4.78 is 0. The quantitative estimate of drug-likeness (QED) is 0.416. The average molecular weight is 517 g/mol. The van der Waals surface area contributed by atoms with Gasteiger partial charge in [-0.05, 0) is 57.2 Å². The van der Waals surface area contributed by atoms with Crippen molar-refractivity contribution in [3.8, 4) is 0 Å². The van der Waals surface area contributed by atoms with Gasteiger partial charge >= 0.3 is 0 Å². The maximum Gasteiger partial charge on any atom is 0.169 e. The smallest absolute Gasteiger partial charge is 0.169 e. The zero-order valence-electron chi connectivity index (χ0n) is 22.3. The fourth-order valence-corrected chi connectivity index (χ4v) is 6.92. The predicted molar refractivity (Wildman–Crippen MR) is 144 cm³/mol. The highest BCUT2D eigenvalue weighted by atomic mass is 16.1. The molecule has 3 fully saturated rings. The number of hydrogen-bond acceptors (Lipinski definition) is 7. The van der Waals surface area contributed by atoms with E-state index in [2.05, 4.69) is 39.7 Å². The number of hydrogen-bond donors (Lipinski definition) is 2. The third-order valence-corrected chi connectivity index (χ3v) is 9.18. The molecular weight excluding hydrogens is 476 g/mol. The molecule has 202 valence electrons. The lowest BCUT2D eigenvalue weighted by molar-refractivity contribution is 0.0613. The number of rotatable bonds is 9. The van der Waals surface area contributed by atoms with Crippen molar-refractivity contribution in [2.45, 2.75) is 76.8 Å². The first-order valence-electron chi connectivity index (χ1n) is 14.4. The summed E-state index contributed by atoms with van der Waals surface area (Å²) in [6.45, 7) is 5.54. The molecule has 1 saturated carbocycles. The molecule has 3 aromatic heterocycles. The van der Waals surface area contributed by atoms with Crippen molar-refractivity contribution in [2.24, 2.45) is 11.3 Å². The third kappa shape index (κ3) is 5.89. The highest BCUT2D eigenvalue weighted by molar-refractivity contribution is 5.97. The minimum absolute atomic E-state index is 0.0224.